The quantitative estimate of drug-likeness (QED) is 0.427. The van der Waals surface area contributed by atoms with Gasteiger partial charge in [-0.25, -0.2) is 0 Å². The molecule has 0 heterocycles. The van der Waals surface area contributed by atoms with Crippen molar-refractivity contribution in [3.05, 3.63) is 11.5 Å². The molecule has 0 saturated carbocycles. The van der Waals surface area contributed by atoms with Crippen molar-refractivity contribution in [3.8, 4) is 0 Å². The van der Waals surface area contributed by atoms with Gasteiger partial charge in [0.15, 0.2) is 5.78 Å². The molecule has 1 rings (SSSR count). The van der Waals surface area contributed by atoms with Crippen molar-refractivity contribution in [3.63, 3.8) is 0 Å². The van der Waals surface area contributed by atoms with Crippen LogP contribution >= 0.6 is 0 Å². The lowest BCUT2D eigenvalue weighted by Crippen LogP contribution is -2.10. The van der Waals surface area contributed by atoms with Gasteiger partial charge in [-0.3, -0.25) is 4.79 Å². The lowest BCUT2D eigenvalue weighted by molar-refractivity contribution is -0.115. The maximum atomic E-state index is 10.8. The van der Waals surface area contributed by atoms with Crippen LogP contribution in [0.2, 0.25) is 0 Å². The van der Waals surface area contributed by atoms with Gasteiger partial charge < -0.3 is 0 Å². The summed E-state index contributed by atoms with van der Waals surface area (Å²) in [5, 5.41) is 0. The minimum atomic E-state index is 0.297. The van der Waals surface area contributed by atoms with E-state index in [0.29, 0.717) is 11.7 Å². The van der Waals surface area contributed by atoms with Gasteiger partial charge in [0.2, 0.25) is 0 Å². The Morgan fingerprint density at radius 1 is 1.67 bits per heavy atom. The van der Waals surface area contributed by atoms with Gasteiger partial charge in [-0.2, -0.15) is 0 Å². The fourth-order valence-electron chi connectivity index (χ4n) is 1.36. The third-order valence-corrected chi connectivity index (χ3v) is 1.63. The molecule has 1 unspecified atom stereocenters. The number of allylic oxidation sites excluding steroid dienone is 2. The molecule has 0 fully saturated rings. The minimum absolute atomic E-state index is 0.297. The molecular formula is C7H11BO. The summed E-state index contributed by atoms with van der Waals surface area (Å²) in [4.78, 5) is 10.8. The first kappa shape index (κ1) is 6.59. The monoisotopic (exact) mass is 122 g/mol. The molecule has 0 amide bonds. The van der Waals surface area contributed by atoms with Crippen LogP contribution in [0.5, 0.6) is 0 Å². The largest absolute Gasteiger partial charge is 0.295 e. The van der Waals surface area contributed by atoms with Gasteiger partial charge in [0.1, 0.15) is 7.85 Å². The highest BCUT2D eigenvalue weighted by Gasteiger charge is 2.12. The standard InChI is InChI=1S/C7H11BO/c1-5-2-6(8)4-7(9)3-5/h4-5H,2-3,8H2,1H3. The second kappa shape index (κ2) is 2.38. The number of hydrogen-bond acceptors (Lipinski definition) is 1. The van der Waals surface area contributed by atoms with Crippen LogP contribution in [0.25, 0.3) is 0 Å². The molecule has 0 aromatic rings. The molecule has 0 bridgehead atoms. The number of carbonyl (C=O) groups is 1. The summed E-state index contributed by atoms with van der Waals surface area (Å²) in [6.07, 6.45) is 3.61. The average Bonchev–Trinajstić information content (AvgIpc) is 1.59. The molecule has 9 heavy (non-hydrogen) atoms. The molecule has 1 nitrogen and oxygen atoms in total. The summed E-state index contributed by atoms with van der Waals surface area (Å²) in [7, 11) is 2.02. The summed E-state index contributed by atoms with van der Waals surface area (Å²) in [5.74, 6) is 0.869. The smallest absolute Gasteiger partial charge is 0.155 e. The Morgan fingerprint density at radius 2 is 2.33 bits per heavy atom. The summed E-state index contributed by atoms with van der Waals surface area (Å²) in [5.41, 5.74) is 1.23. The fraction of sp³-hybridized carbons (Fsp3) is 0.571. The van der Waals surface area contributed by atoms with Crippen molar-refractivity contribution in [2.45, 2.75) is 19.8 Å². The highest BCUT2D eigenvalue weighted by atomic mass is 16.1. The summed E-state index contributed by atoms with van der Waals surface area (Å²) in [6.45, 7) is 2.12. The number of rotatable bonds is 0. The molecule has 0 aromatic heterocycles. The Morgan fingerprint density at radius 3 is 2.78 bits per heavy atom. The van der Waals surface area contributed by atoms with E-state index in [1.807, 2.05) is 7.85 Å². The van der Waals surface area contributed by atoms with E-state index in [-0.39, 0.29) is 0 Å². The van der Waals surface area contributed by atoms with E-state index in [4.69, 9.17) is 0 Å². The van der Waals surface area contributed by atoms with Crippen molar-refractivity contribution >= 4 is 13.6 Å². The number of carbonyl (C=O) groups excluding carboxylic acids is 1. The lowest BCUT2D eigenvalue weighted by Gasteiger charge is -2.14. The third-order valence-electron chi connectivity index (χ3n) is 1.63. The zero-order valence-corrected chi connectivity index (χ0v) is 5.98. The van der Waals surface area contributed by atoms with Crippen molar-refractivity contribution in [1.82, 2.24) is 0 Å². The van der Waals surface area contributed by atoms with Crippen LogP contribution in [0.15, 0.2) is 11.5 Å². The molecule has 0 aliphatic heterocycles. The Bertz CT molecular complexity index is 160. The Balaban J connectivity index is 2.67. The van der Waals surface area contributed by atoms with Crippen LogP contribution in [0.4, 0.5) is 0 Å². The SMILES string of the molecule is BC1=CC(=O)CC(C)C1. The van der Waals surface area contributed by atoms with Crippen molar-refractivity contribution < 1.29 is 4.79 Å². The van der Waals surface area contributed by atoms with Gasteiger partial charge in [0.05, 0.1) is 0 Å². The Kier molecular flexibility index (Phi) is 1.74. The normalized spacial score (nSPS) is 27.9. The first-order chi connectivity index (χ1) is 4.18. The molecule has 0 aromatic carbocycles. The summed E-state index contributed by atoms with van der Waals surface area (Å²) in [6, 6.07) is 0. The average molecular weight is 122 g/mol. The van der Waals surface area contributed by atoms with Gasteiger partial charge >= 0.3 is 0 Å². The molecule has 1 atom stereocenters. The van der Waals surface area contributed by atoms with Crippen LogP contribution in [0.3, 0.4) is 0 Å². The predicted molar refractivity (Wildman–Crippen MR) is 40.0 cm³/mol. The lowest BCUT2D eigenvalue weighted by atomic mass is 9.80. The molecule has 1 aliphatic rings. The van der Waals surface area contributed by atoms with Crippen molar-refractivity contribution in [2.24, 2.45) is 5.92 Å². The second-order valence-corrected chi connectivity index (χ2v) is 2.97. The van der Waals surface area contributed by atoms with Crippen LogP contribution in [0, 0.1) is 5.92 Å². The van der Waals surface area contributed by atoms with E-state index in [9.17, 15) is 4.79 Å². The molecule has 2 heteroatoms. The second-order valence-electron chi connectivity index (χ2n) is 2.97. The van der Waals surface area contributed by atoms with Gasteiger partial charge in [0.25, 0.3) is 0 Å². The number of ketones is 1. The Hall–Kier alpha value is -0.525. The van der Waals surface area contributed by atoms with Gasteiger partial charge in [-0.15, -0.1) is 5.47 Å². The maximum Gasteiger partial charge on any atom is 0.155 e. The van der Waals surface area contributed by atoms with Crippen LogP contribution in [-0.2, 0) is 4.79 Å². The molecule has 0 spiro atoms. The highest BCUT2D eigenvalue weighted by Crippen LogP contribution is 2.18. The van der Waals surface area contributed by atoms with E-state index in [1.54, 1.807) is 6.08 Å². The van der Waals surface area contributed by atoms with E-state index >= 15 is 0 Å². The first-order valence-corrected chi connectivity index (χ1v) is 3.38. The molecule has 48 valence electrons. The molecule has 0 N–H and O–H groups in total. The van der Waals surface area contributed by atoms with Gasteiger partial charge in [0, 0.05) is 6.42 Å². The summed E-state index contributed by atoms with van der Waals surface area (Å²) < 4.78 is 0. The fourth-order valence-corrected chi connectivity index (χ4v) is 1.36. The minimum Gasteiger partial charge on any atom is -0.295 e. The van der Waals surface area contributed by atoms with Crippen LogP contribution in [-0.4, -0.2) is 13.6 Å². The zero-order chi connectivity index (χ0) is 6.85. The van der Waals surface area contributed by atoms with Crippen molar-refractivity contribution in [2.75, 3.05) is 0 Å². The van der Waals surface area contributed by atoms with Gasteiger partial charge in [-0.1, -0.05) is 6.92 Å². The number of hydrogen-bond donors (Lipinski definition) is 0. The van der Waals surface area contributed by atoms with E-state index in [2.05, 4.69) is 6.92 Å². The van der Waals surface area contributed by atoms with E-state index < -0.39 is 0 Å². The predicted octanol–water partition coefficient (Wildman–Crippen LogP) is 0.502. The third kappa shape index (κ3) is 1.70. The summed E-state index contributed by atoms with van der Waals surface area (Å²) >= 11 is 0. The van der Waals surface area contributed by atoms with E-state index in [1.165, 1.54) is 5.47 Å². The Labute approximate surface area is 56.5 Å². The first-order valence-electron chi connectivity index (χ1n) is 3.38. The van der Waals surface area contributed by atoms with Crippen LogP contribution < -0.4 is 0 Å². The molecule has 0 saturated heterocycles. The molecule has 1 aliphatic carbocycles. The zero-order valence-electron chi connectivity index (χ0n) is 5.98. The maximum absolute atomic E-state index is 10.8. The van der Waals surface area contributed by atoms with E-state index in [0.717, 1.165) is 12.8 Å². The van der Waals surface area contributed by atoms with Crippen molar-refractivity contribution in [1.29, 1.82) is 0 Å². The van der Waals surface area contributed by atoms with Gasteiger partial charge in [-0.05, 0) is 18.4 Å². The highest BCUT2D eigenvalue weighted by molar-refractivity contribution is 6.24. The molecular weight excluding hydrogens is 111 g/mol. The van der Waals surface area contributed by atoms with Crippen LogP contribution in [0.1, 0.15) is 19.8 Å². The molecule has 0 radical (unpaired) electrons. The topological polar surface area (TPSA) is 17.1 Å².